The molecular formula is C8H17N3O. The largest absolute Gasteiger partial charge is 0.348 e. The summed E-state index contributed by atoms with van der Waals surface area (Å²) in [5.74, 6) is 0.121. The minimum Gasteiger partial charge on any atom is -0.348 e. The van der Waals surface area contributed by atoms with Crippen LogP contribution in [0.4, 0.5) is 0 Å². The van der Waals surface area contributed by atoms with Gasteiger partial charge in [-0.1, -0.05) is 0 Å². The molecule has 0 radical (unpaired) electrons. The van der Waals surface area contributed by atoms with Gasteiger partial charge in [-0.15, -0.1) is 0 Å². The van der Waals surface area contributed by atoms with Gasteiger partial charge in [0.2, 0.25) is 5.91 Å². The lowest BCUT2D eigenvalue weighted by Gasteiger charge is -2.33. The summed E-state index contributed by atoms with van der Waals surface area (Å²) in [5, 5.41) is 3.16. The van der Waals surface area contributed by atoms with Crippen LogP contribution in [0.5, 0.6) is 0 Å². The van der Waals surface area contributed by atoms with Crippen LogP contribution < -0.4 is 11.1 Å². The van der Waals surface area contributed by atoms with Gasteiger partial charge >= 0.3 is 0 Å². The maximum atomic E-state index is 11.1. The molecule has 0 aromatic carbocycles. The van der Waals surface area contributed by atoms with E-state index in [0.717, 1.165) is 12.8 Å². The van der Waals surface area contributed by atoms with Crippen LogP contribution >= 0.6 is 0 Å². The van der Waals surface area contributed by atoms with Gasteiger partial charge in [0.05, 0.1) is 6.54 Å². The van der Waals surface area contributed by atoms with Gasteiger partial charge in [0.25, 0.3) is 0 Å². The highest BCUT2D eigenvalue weighted by Crippen LogP contribution is 2.16. The topological polar surface area (TPSA) is 58.4 Å². The minimum atomic E-state index is 0.121. The second-order valence-corrected chi connectivity index (χ2v) is 3.60. The van der Waals surface area contributed by atoms with E-state index in [0.29, 0.717) is 18.6 Å². The van der Waals surface area contributed by atoms with E-state index in [2.05, 4.69) is 5.32 Å². The normalized spacial score (nSPS) is 27.9. The zero-order chi connectivity index (χ0) is 9.14. The monoisotopic (exact) mass is 171 g/mol. The highest BCUT2D eigenvalue weighted by molar-refractivity contribution is 5.77. The molecule has 0 atom stereocenters. The number of hydrogen-bond donors (Lipinski definition) is 2. The number of nitrogens with one attached hydrogen (secondary N) is 1. The van der Waals surface area contributed by atoms with Crippen LogP contribution in [0.25, 0.3) is 0 Å². The fourth-order valence-corrected chi connectivity index (χ4v) is 1.22. The Hall–Kier alpha value is -0.610. The van der Waals surface area contributed by atoms with E-state index in [4.69, 9.17) is 5.73 Å². The lowest BCUT2D eigenvalue weighted by Crippen LogP contribution is -2.50. The molecule has 4 heteroatoms. The second kappa shape index (κ2) is 3.87. The summed E-state index contributed by atoms with van der Waals surface area (Å²) in [6.07, 6.45) is 2.00. The van der Waals surface area contributed by atoms with Crippen molar-refractivity contribution in [2.45, 2.75) is 24.9 Å². The van der Waals surface area contributed by atoms with Gasteiger partial charge in [0.15, 0.2) is 0 Å². The van der Waals surface area contributed by atoms with Crippen molar-refractivity contribution in [3.8, 4) is 0 Å². The van der Waals surface area contributed by atoms with Crippen molar-refractivity contribution < 1.29 is 4.79 Å². The minimum absolute atomic E-state index is 0.121. The van der Waals surface area contributed by atoms with Crippen LogP contribution in [-0.2, 0) is 4.79 Å². The first-order chi connectivity index (χ1) is 5.59. The molecule has 4 nitrogen and oxygen atoms in total. The quantitative estimate of drug-likeness (QED) is 0.582. The van der Waals surface area contributed by atoms with E-state index >= 15 is 0 Å². The number of nitrogens with zero attached hydrogens (tertiary/aromatic N) is 1. The van der Waals surface area contributed by atoms with Crippen molar-refractivity contribution >= 4 is 5.91 Å². The zero-order valence-electron chi connectivity index (χ0n) is 7.71. The molecule has 0 spiro atoms. The van der Waals surface area contributed by atoms with Gasteiger partial charge in [0.1, 0.15) is 0 Å². The van der Waals surface area contributed by atoms with Crippen molar-refractivity contribution in [3.63, 3.8) is 0 Å². The Morgan fingerprint density at radius 3 is 2.58 bits per heavy atom. The average Bonchev–Trinajstić information content (AvgIpc) is 1.95. The number of carbonyl (C=O) groups excluding carboxylic acids is 1. The van der Waals surface area contributed by atoms with Crippen LogP contribution in [0, 0.1) is 0 Å². The molecule has 12 heavy (non-hydrogen) atoms. The number of nitrogens with two attached hydrogens (primary N) is 1. The molecular weight excluding hydrogens is 154 g/mol. The Labute approximate surface area is 73.1 Å². The maximum Gasteiger partial charge on any atom is 0.236 e. The summed E-state index contributed by atoms with van der Waals surface area (Å²) < 4.78 is 0. The van der Waals surface area contributed by atoms with Gasteiger partial charge in [-0.25, -0.2) is 0 Å². The van der Waals surface area contributed by atoms with Crippen molar-refractivity contribution in [1.82, 2.24) is 10.2 Å². The van der Waals surface area contributed by atoms with E-state index in [-0.39, 0.29) is 5.91 Å². The third-order valence-electron chi connectivity index (χ3n) is 2.22. The molecule has 0 aromatic heterocycles. The maximum absolute atomic E-state index is 11.1. The average molecular weight is 171 g/mol. The molecule has 0 aliphatic heterocycles. The van der Waals surface area contributed by atoms with Gasteiger partial charge in [-0.3, -0.25) is 4.79 Å². The Kier molecular flexibility index (Phi) is 3.05. The SMILES string of the molecule is CN(C)C(=O)CNC1CC(N)C1. The fraction of sp³-hybridized carbons (Fsp3) is 0.875. The fourth-order valence-electron chi connectivity index (χ4n) is 1.22. The van der Waals surface area contributed by atoms with Gasteiger partial charge < -0.3 is 16.0 Å². The Morgan fingerprint density at radius 2 is 2.17 bits per heavy atom. The number of amides is 1. The van der Waals surface area contributed by atoms with Crippen LogP contribution in [0.2, 0.25) is 0 Å². The Bertz CT molecular complexity index is 164. The second-order valence-electron chi connectivity index (χ2n) is 3.60. The molecule has 0 bridgehead atoms. The van der Waals surface area contributed by atoms with Gasteiger partial charge in [0, 0.05) is 26.2 Å². The van der Waals surface area contributed by atoms with E-state index in [1.807, 2.05) is 0 Å². The molecule has 1 rings (SSSR count). The molecule has 0 aromatic rings. The van der Waals surface area contributed by atoms with Crippen molar-refractivity contribution in [3.05, 3.63) is 0 Å². The first-order valence-electron chi connectivity index (χ1n) is 4.28. The number of hydrogen-bond acceptors (Lipinski definition) is 3. The van der Waals surface area contributed by atoms with E-state index in [9.17, 15) is 4.79 Å². The third kappa shape index (κ3) is 2.46. The predicted octanol–water partition coefficient (Wildman–Crippen LogP) is -0.846. The highest BCUT2D eigenvalue weighted by atomic mass is 16.2. The van der Waals surface area contributed by atoms with E-state index in [1.54, 1.807) is 19.0 Å². The molecule has 1 amide bonds. The van der Waals surface area contributed by atoms with Crippen LogP contribution in [0.15, 0.2) is 0 Å². The summed E-state index contributed by atoms with van der Waals surface area (Å²) in [6.45, 7) is 0.435. The van der Waals surface area contributed by atoms with Crippen molar-refractivity contribution in [2.75, 3.05) is 20.6 Å². The first-order valence-corrected chi connectivity index (χ1v) is 4.28. The highest BCUT2D eigenvalue weighted by Gasteiger charge is 2.25. The van der Waals surface area contributed by atoms with Gasteiger partial charge in [-0.2, -0.15) is 0 Å². The number of carbonyl (C=O) groups is 1. The third-order valence-corrected chi connectivity index (χ3v) is 2.22. The standard InChI is InChI=1S/C8H17N3O/c1-11(2)8(12)5-10-7-3-6(9)4-7/h6-7,10H,3-5,9H2,1-2H3. The van der Waals surface area contributed by atoms with Crippen LogP contribution in [0.1, 0.15) is 12.8 Å². The predicted molar refractivity (Wildman–Crippen MR) is 47.7 cm³/mol. The summed E-state index contributed by atoms with van der Waals surface area (Å²) in [6, 6.07) is 0.806. The lowest BCUT2D eigenvalue weighted by atomic mass is 9.88. The van der Waals surface area contributed by atoms with Crippen LogP contribution in [0.3, 0.4) is 0 Å². The molecule has 1 aliphatic rings. The Morgan fingerprint density at radius 1 is 1.58 bits per heavy atom. The van der Waals surface area contributed by atoms with Gasteiger partial charge in [-0.05, 0) is 12.8 Å². The van der Waals surface area contributed by atoms with E-state index in [1.165, 1.54) is 0 Å². The molecule has 1 fully saturated rings. The van der Waals surface area contributed by atoms with Crippen molar-refractivity contribution in [1.29, 1.82) is 0 Å². The zero-order valence-corrected chi connectivity index (χ0v) is 7.71. The summed E-state index contributed by atoms with van der Waals surface area (Å²) in [4.78, 5) is 12.7. The van der Waals surface area contributed by atoms with Crippen LogP contribution in [-0.4, -0.2) is 43.5 Å². The number of likely N-dealkylation sites (N-methyl/N-ethyl adjacent to an activating group) is 1. The molecule has 0 saturated heterocycles. The molecule has 70 valence electrons. The molecule has 0 unspecified atom stereocenters. The molecule has 1 aliphatic carbocycles. The van der Waals surface area contributed by atoms with Crippen molar-refractivity contribution in [2.24, 2.45) is 5.73 Å². The lowest BCUT2D eigenvalue weighted by molar-refractivity contribution is -0.128. The Balaban J connectivity index is 2.06. The summed E-state index contributed by atoms with van der Waals surface area (Å²) >= 11 is 0. The molecule has 0 heterocycles. The molecule has 1 saturated carbocycles. The summed E-state index contributed by atoms with van der Waals surface area (Å²) in [5.41, 5.74) is 5.60. The summed E-state index contributed by atoms with van der Waals surface area (Å²) in [7, 11) is 3.52. The molecule has 3 N–H and O–H groups in total. The van der Waals surface area contributed by atoms with E-state index < -0.39 is 0 Å². The smallest absolute Gasteiger partial charge is 0.236 e. The first kappa shape index (κ1) is 9.48. The number of rotatable bonds is 3.